The van der Waals surface area contributed by atoms with Crippen LogP contribution in [0.3, 0.4) is 0 Å². The lowest BCUT2D eigenvalue weighted by Crippen LogP contribution is -2.14. The summed E-state index contributed by atoms with van der Waals surface area (Å²) >= 11 is 0. The second kappa shape index (κ2) is 7.91. The fourth-order valence-electron chi connectivity index (χ4n) is 0.912. The van der Waals surface area contributed by atoms with Gasteiger partial charge in [0.25, 0.3) is 0 Å². The molecule has 0 fully saturated rings. The largest absolute Gasteiger partial charge is 0.462 e. The van der Waals surface area contributed by atoms with E-state index in [1.165, 1.54) is 0 Å². The van der Waals surface area contributed by atoms with Crippen LogP contribution in [0.1, 0.15) is 40.5 Å². The quantitative estimate of drug-likeness (QED) is 0.516. The summed E-state index contributed by atoms with van der Waals surface area (Å²) in [6.45, 7) is 7.70. The fraction of sp³-hybridized carbons (Fsp3) is 0.667. The zero-order valence-electron chi connectivity index (χ0n) is 10.5. The predicted octanol–water partition coefficient (Wildman–Crippen LogP) is 2.23. The highest BCUT2D eigenvalue weighted by molar-refractivity contribution is 5.99. The monoisotopic (exact) mass is 228 g/mol. The number of rotatable bonds is 6. The van der Waals surface area contributed by atoms with Crippen LogP contribution in [-0.2, 0) is 19.1 Å². The van der Waals surface area contributed by atoms with E-state index in [9.17, 15) is 9.59 Å². The Balaban J connectivity index is 4.43. The normalized spacial score (nSPS) is 11.8. The Kier molecular flexibility index (Phi) is 7.25. The van der Waals surface area contributed by atoms with Gasteiger partial charge in [0.2, 0.25) is 0 Å². The third kappa shape index (κ3) is 4.96. The van der Waals surface area contributed by atoms with Gasteiger partial charge in [-0.3, -0.25) is 0 Å². The van der Waals surface area contributed by atoms with E-state index in [2.05, 4.69) is 0 Å². The van der Waals surface area contributed by atoms with Crippen molar-refractivity contribution in [3.05, 3.63) is 11.1 Å². The van der Waals surface area contributed by atoms with Crippen LogP contribution in [0.5, 0.6) is 0 Å². The molecule has 4 nitrogen and oxygen atoms in total. The molecule has 0 aliphatic carbocycles. The van der Waals surface area contributed by atoms with Crippen molar-refractivity contribution in [1.82, 2.24) is 0 Å². The number of hydrogen-bond acceptors (Lipinski definition) is 4. The number of ether oxygens (including phenoxy) is 2. The zero-order valence-corrected chi connectivity index (χ0v) is 10.5. The third-order valence-electron chi connectivity index (χ3n) is 2.05. The second-order valence-corrected chi connectivity index (χ2v) is 3.52. The molecule has 0 amide bonds. The first-order chi connectivity index (χ1) is 7.54. The van der Waals surface area contributed by atoms with Crippen LogP contribution in [-0.4, -0.2) is 25.2 Å². The van der Waals surface area contributed by atoms with Crippen molar-refractivity contribution >= 4 is 11.9 Å². The molecule has 0 aliphatic heterocycles. The summed E-state index contributed by atoms with van der Waals surface area (Å²) in [6, 6.07) is 0. The van der Waals surface area contributed by atoms with Crippen molar-refractivity contribution in [3.8, 4) is 0 Å². The molecule has 0 aromatic carbocycles. The number of hydrogen-bond donors (Lipinski definition) is 0. The highest BCUT2D eigenvalue weighted by Crippen LogP contribution is 2.08. The van der Waals surface area contributed by atoms with E-state index in [4.69, 9.17) is 9.47 Å². The molecule has 0 radical (unpaired) electrons. The molecule has 0 spiro atoms. The van der Waals surface area contributed by atoms with Crippen molar-refractivity contribution in [2.75, 3.05) is 13.2 Å². The molecule has 4 heteroatoms. The lowest BCUT2D eigenvalue weighted by molar-refractivity contribution is -0.142. The van der Waals surface area contributed by atoms with Gasteiger partial charge >= 0.3 is 11.9 Å². The molecular weight excluding hydrogens is 208 g/mol. The minimum absolute atomic E-state index is 0.314. The van der Waals surface area contributed by atoms with E-state index < -0.39 is 11.9 Å². The molecule has 0 aromatic rings. The van der Waals surface area contributed by atoms with Crippen LogP contribution < -0.4 is 0 Å². The van der Waals surface area contributed by atoms with E-state index in [0.29, 0.717) is 24.4 Å². The average molecular weight is 228 g/mol. The molecule has 0 heterocycles. The van der Waals surface area contributed by atoms with Crippen LogP contribution in [0.25, 0.3) is 0 Å². The molecule has 0 saturated heterocycles. The summed E-state index contributed by atoms with van der Waals surface area (Å²) < 4.78 is 9.85. The molecular formula is C12H20O4. The smallest absolute Gasteiger partial charge is 0.334 e. The second-order valence-electron chi connectivity index (χ2n) is 3.52. The summed E-state index contributed by atoms with van der Waals surface area (Å²) in [5.74, 6) is -0.902. The van der Waals surface area contributed by atoms with Gasteiger partial charge in [-0.05, 0) is 26.7 Å². The molecule has 0 aromatic heterocycles. The van der Waals surface area contributed by atoms with Gasteiger partial charge in [-0.15, -0.1) is 0 Å². The molecule has 0 N–H and O–H groups in total. The SMILES string of the molecule is CCCOC(=O)/C(C)=C(/C)C(=O)OCCC. The average Bonchev–Trinajstić information content (AvgIpc) is 2.30. The van der Waals surface area contributed by atoms with E-state index in [-0.39, 0.29) is 0 Å². The van der Waals surface area contributed by atoms with Crippen molar-refractivity contribution in [2.24, 2.45) is 0 Å². The maximum Gasteiger partial charge on any atom is 0.334 e. The Bertz CT molecular complexity index is 251. The van der Waals surface area contributed by atoms with Gasteiger partial charge in [-0.1, -0.05) is 13.8 Å². The lowest BCUT2D eigenvalue weighted by atomic mass is 10.1. The summed E-state index contributed by atoms with van der Waals surface area (Å²) in [6.07, 6.45) is 1.52. The van der Waals surface area contributed by atoms with Gasteiger partial charge in [-0.2, -0.15) is 0 Å². The number of carbonyl (C=O) groups is 2. The predicted molar refractivity (Wildman–Crippen MR) is 60.9 cm³/mol. The standard InChI is InChI=1S/C12H20O4/c1-5-7-15-11(13)9(3)10(4)12(14)16-8-6-2/h5-8H2,1-4H3/b10-9-. The molecule has 0 unspecified atom stereocenters. The minimum atomic E-state index is -0.451. The van der Waals surface area contributed by atoms with Gasteiger partial charge in [0.15, 0.2) is 0 Å². The van der Waals surface area contributed by atoms with Crippen molar-refractivity contribution in [1.29, 1.82) is 0 Å². The zero-order chi connectivity index (χ0) is 12.6. The minimum Gasteiger partial charge on any atom is -0.462 e. The van der Waals surface area contributed by atoms with E-state index in [0.717, 1.165) is 12.8 Å². The summed E-state index contributed by atoms with van der Waals surface area (Å²) in [5.41, 5.74) is 0.629. The molecule has 0 atom stereocenters. The Morgan fingerprint density at radius 1 is 0.812 bits per heavy atom. The molecule has 92 valence electrons. The molecule has 0 bridgehead atoms. The Morgan fingerprint density at radius 3 is 1.38 bits per heavy atom. The third-order valence-corrected chi connectivity index (χ3v) is 2.05. The van der Waals surface area contributed by atoms with Crippen molar-refractivity contribution < 1.29 is 19.1 Å². The summed E-state index contributed by atoms with van der Waals surface area (Å²) in [5, 5.41) is 0. The fourth-order valence-corrected chi connectivity index (χ4v) is 0.912. The first-order valence-corrected chi connectivity index (χ1v) is 5.56. The summed E-state index contributed by atoms with van der Waals surface area (Å²) in [7, 11) is 0. The van der Waals surface area contributed by atoms with E-state index in [1.54, 1.807) is 13.8 Å². The topological polar surface area (TPSA) is 52.6 Å². The number of esters is 2. The molecule has 0 rings (SSSR count). The van der Waals surface area contributed by atoms with E-state index >= 15 is 0 Å². The Morgan fingerprint density at radius 2 is 1.12 bits per heavy atom. The van der Waals surface area contributed by atoms with Gasteiger partial charge < -0.3 is 9.47 Å². The molecule has 0 saturated carbocycles. The van der Waals surface area contributed by atoms with Crippen molar-refractivity contribution in [2.45, 2.75) is 40.5 Å². The highest BCUT2D eigenvalue weighted by Gasteiger charge is 2.15. The number of carbonyl (C=O) groups excluding carboxylic acids is 2. The van der Waals surface area contributed by atoms with E-state index in [1.807, 2.05) is 13.8 Å². The molecule has 16 heavy (non-hydrogen) atoms. The maximum atomic E-state index is 11.4. The van der Waals surface area contributed by atoms with Crippen LogP contribution in [0, 0.1) is 0 Å². The van der Waals surface area contributed by atoms with Crippen molar-refractivity contribution in [3.63, 3.8) is 0 Å². The summed E-state index contributed by atoms with van der Waals surface area (Å²) in [4.78, 5) is 22.9. The lowest BCUT2D eigenvalue weighted by Gasteiger charge is -2.07. The van der Waals surface area contributed by atoms with Crippen LogP contribution >= 0.6 is 0 Å². The van der Waals surface area contributed by atoms with Gasteiger partial charge in [0.1, 0.15) is 0 Å². The Labute approximate surface area is 96.6 Å². The van der Waals surface area contributed by atoms with Crippen LogP contribution in [0.15, 0.2) is 11.1 Å². The maximum absolute atomic E-state index is 11.4. The van der Waals surface area contributed by atoms with Gasteiger partial charge in [0.05, 0.1) is 13.2 Å². The van der Waals surface area contributed by atoms with Gasteiger partial charge in [-0.25, -0.2) is 9.59 Å². The van der Waals surface area contributed by atoms with Gasteiger partial charge in [0, 0.05) is 11.1 Å². The first kappa shape index (κ1) is 14.7. The Hall–Kier alpha value is -1.32. The van der Waals surface area contributed by atoms with Crippen LogP contribution in [0.2, 0.25) is 0 Å². The first-order valence-electron chi connectivity index (χ1n) is 5.56. The highest BCUT2D eigenvalue weighted by atomic mass is 16.5. The van der Waals surface area contributed by atoms with Crippen LogP contribution in [0.4, 0.5) is 0 Å². The molecule has 0 aliphatic rings.